The molecule has 2 amide bonds. The summed E-state index contributed by atoms with van der Waals surface area (Å²) in [4.78, 5) is 26.9. The molecule has 0 saturated carbocycles. The van der Waals surface area contributed by atoms with Crippen LogP contribution >= 0.6 is 34.8 Å². The maximum Gasteiger partial charge on any atom is 0.253 e. The van der Waals surface area contributed by atoms with Crippen molar-refractivity contribution in [2.24, 2.45) is 0 Å². The fraction of sp³-hybridized carbons (Fsp3) is 0.333. The van der Waals surface area contributed by atoms with Crippen LogP contribution in [0.2, 0.25) is 15.1 Å². The van der Waals surface area contributed by atoms with Gasteiger partial charge in [-0.3, -0.25) is 9.59 Å². The van der Waals surface area contributed by atoms with Gasteiger partial charge in [-0.05, 0) is 43.2 Å². The van der Waals surface area contributed by atoms with Crippen LogP contribution in [-0.2, 0) is 4.79 Å². The van der Waals surface area contributed by atoms with Gasteiger partial charge in [-0.25, -0.2) is 0 Å². The second-order valence-corrected chi connectivity index (χ2v) is 8.16. The molecule has 8 heteroatoms. The number of carbonyl (C=O) groups excluding carboxylic acids is 2. The molecule has 1 aliphatic rings. The van der Waals surface area contributed by atoms with Crippen molar-refractivity contribution in [3.8, 4) is 0 Å². The van der Waals surface area contributed by atoms with Crippen LogP contribution in [0, 0.1) is 0 Å². The molecule has 1 aliphatic heterocycles. The third kappa shape index (κ3) is 6.01. The molecule has 0 unspecified atom stereocenters. The van der Waals surface area contributed by atoms with E-state index in [1.165, 1.54) is 25.0 Å². The summed E-state index contributed by atoms with van der Waals surface area (Å²) >= 11 is 18.0. The van der Waals surface area contributed by atoms with Crippen molar-refractivity contribution in [1.29, 1.82) is 0 Å². The van der Waals surface area contributed by atoms with E-state index in [9.17, 15) is 9.59 Å². The monoisotopic (exact) mass is 453 g/mol. The summed E-state index contributed by atoms with van der Waals surface area (Å²) in [6.07, 6.45) is 4.43. The summed E-state index contributed by atoms with van der Waals surface area (Å²) in [6.45, 7) is 1.60. The Hall–Kier alpha value is -1.95. The van der Waals surface area contributed by atoms with E-state index < -0.39 is 0 Å². The van der Waals surface area contributed by atoms with Crippen molar-refractivity contribution in [2.45, 2.75) is 25.7 Å². The normalized spacial score (nSPS) is 14.2. The van der Waals surface area contributed by atoms with Crippen molar-refractivity contribution in [3.63, 3.8) is 0 Å². The lowest BCUT2D eigenvalue weighted by molar-refractivity contribution is -0.114. The van der Waals surface area contributed by atoms with Crippen LogP contribution in [0.3, 0.4) is 0 Å². The summed E-state index contributed by atoms with van der Waals surface area (Å²) in [5.41, 5.74) is 1.70. The smallest absolute Gasteiger partial charge is 0.253 e. The SMILES string of the molecule is O=C(CNc1cccc(C(=O)N2CCCCCC2)c1)Nc1cc(Cl)c(Cl)cc1Cl. The standard InChI is InChI=1S/C21H22Cl3N3O2/c22-16-11-18(24)19(12-17(16)23)26-20(28)13-25-15-7-5-6-14(10-15)21(29)27-8-3-1-2-4-9-27/h5-7,10-12,25H,1-4,8-9,13H2,(H,26,28). The molecule has 2 aromatic carbocycles. The molecule has 0 bridgehead atoms. The highest BCUT2D eigenvalue weighted by molar-refractivity contribution is 6.44. The van der Waals surface area contributed by atoms with Gasteiger partial charge in [0.25, 0.3) is 5.91 Å². The van der Waals surface area contributed by atoms with Gasteiger partial charge in [0, 0.05) is 24.3 Å². The molecule has 5 nitrogen and oxygen atoms in total. The molecular weight excluding hydrogens is 433 g/mol. The first-order valence-electron chi connectivity index (χ1n) is 9.51. The average Bonchev–Trinajstić information content (AvgIpc) is 3.00. The predicted molar refractivity (Wildman–Crippen MR) is 119 cm³/mol. The van der Waals surface area contributed by atoms with Crippen molar-refractivity contribution in [3.05, 3.63) is 57.0 Å². The number of anilines is 2. The van der Waals surface area contributed by atoms with Gasteiger partial charge >= 0.3 is 0 Å². The van der Waals surface area contributed by atoms with E-state index in [2.05, 4.69) is 10.6 Å². The molecule has 29 heavy (non-hydrogen) atoms. The molecule has 154 valence electrons. The summed E-state index contributed by atoms with van der Waals surface area (Å²) < 4.78 is 0. The Kier molecular flexibility index (Phi) is 7.64. The van der Waals surface area contributed by atoms with E-state index in [1.807, 2.05) is 11.0 Å². The largest absolute Gasteiger partial charge is 0.376 e. The third-order valence-corrected chi connectivity index (χ3v) is 5.77. The predicted octanol–water partition coefficient (Wildman–Crippen LogP) is 5.71. The fourth-order valence-corrected chi connectivity index (χ4v) is 3.81. The molecule has 1 fully saturated rings. The lowest BCUT2D eigenvalue weighted by Gasteiger charge is -2.20. The zero-order chi connectivity index (χ0) is 20.8. The lowest BCUT2D eigenvalue weighted by Crippen LogP contribution is -2.31. The number of nitrogens with one attached hydrogen (secondary N) is 2. The van der Waals surface area contributed by atoms with Gasteiger partial charge in [-0.15, -0.1) is 0 Å². The minimum absolute atomic E-state index is 0.0118. The molecule has 3 rings (SSSR count). The second kappa shape index (κ2) is 10.2. The maximum atomic E-state index is 12.8. The molecule has 2 aromatic rings. The topological polar surface area (TPSA) is 61.4 Å². The van der Waals surface area contributed by atoms with Gasteiger partial charge in [0.1, 0.15) is 0 Å². The Morgan fingerprint density at radius 2 is 1.59 bits per heavy atom. The maximum absolute atomic E-state index is 12.8. The summed E-state index contributed by atoms with van der Waals surface area (Å²) in [6, 6.07) is 10.2. The molecule has 0 aromatic heterocycles. The first kappa shape index (κ1) is 21.8. The quantitative estimate of drug-likeness (QED) is 0.569. The van der Waals surface area contributed by atoms with E-state index in [1.54, 1.807) is 18.2 Å². The van der Waals surface area contributed by atoms with Crippen molar-refractivity contribution in [1.82, 2.24) is 4.90 Å². The number of hydrogen-bond acceptors (Lipinski definition) is 3. The number of amides is 2. The van der Waals surface area contributed by atoms with Gasteiger partial charge in [0.05, 0.1) is 27.3 Å². The third-order valence-electron chi connectivity index (χ3n) is 4.74. The Bertz CT molecular complexity index is 897. The van der Waals surface area contributed by atoms with Crippen LogP contribution < -0.4 is 10.6 Å². The van der Waals surface area contributed by atoms with Crippen molar-refractivity contribution >= 4 is 58.0 Å². The van der Waals surface area contributed by atoms with Crippen LogP contribution in [0.25, 0.3) is 0 Å². The highest BCUT2D eigenvalue weighted by Crippen LogP contribution is 2.32. The molecule has 0 atom stereocenters. The Morgan fingerprint density at radius 1 is 0.897 bits per heavy atom. The van der Waals surface area contributed by atoms with Crippen LogP contribution in [0.4, 0.5) is 11.4 Å². The number of hydrogen-bond donors (Lipinski definition) is 2. The fourth-order valence-electron chi connectivity index (χ4n) is 3.21. The highest BCUT2D eigenvalue weighted by atomic mass is 35.5. The summed E-state index contributed by atoms with van der Waals surface area (Å²) in [5, 5.41) is 6.66. The molecule has 0 radical (unpaired) electrons. The van der Waals surface area contributed by atoms with Crippen LogP contribution in [0.1, 0.15) is 36.0 Å². The first-order chi connectivity index (χ1) is 13.9. The summed E-state index contributed by atoms with van der Waals surface area (Å²) in [7, 11) is 0. The van der Waals surface area contributed by atoms with Crippen molar-refractivity contribution in [2.75, 3.05) is 30.3 Å². The van der Waals surface area contributed by atoms with Crippen molar-refractivity contribution < 1.29 is 9.59 Å². The minimum Gasteiger partial charge on any atom is -0.376 e. The molecule has 1 heterocycles. The van der Waals surface area contributed by atoms with Gasteiger partial charge in [0.2, 0.25) is 5.91 Å². The number of benzene rings is 2. The number of nitrogens with zero attached hydrogens (tertiary/aromatic N) is 1. The van der Waals surface area contributed by atoms with Gasteiger partial charge in [0.15, 0.2) is 0 Å². The average molecular weight is 455 g/mol. The Morgan fingerprint density at radius 3 is 2.31 bits per heavy atom. The van der Waals surface area contributed by atoms with Gasteiger partial charge in [-0.1, -0.05) is 53.7 Å². The first-order valence-corrected chi connectivity index (χ1v) is 10.6. The van der Waals surface area contributed by atoms with Gasteiger partial charge in [-0.2, -0.15) is 0 Å². The number of rotatable bonds is 5. The zero-order valence-electron chi connectivity index (χ0n) is 15.8. The van der Waals surface area contributed by atoms with E-state index in [0.717, 1.165) is 25.9 Å². The van der Waals surface area contributed by atoms with Gasteiger partial charge < -0.3 is 15.5 Å². The molecule has 0 spiro atoms. The Balaban J connectivity index is 1.59. The second-order valence-electron chi connectivity index (χ2n) is 6.94. The van der Waals surface area contributed by atoms with E-state index in [4.69, 9.17) is 34.8 Å². The lowest BCUT2D eigenvalue weighted by atomic mass is 10.1. The number of halogens is 3. The van der Waals surface area contributed by atoms with E-state index in [0.29, 0.717) is 32.0 Å². The number of carbonyl (C=O) groups is 2. The molecule has 1 saturated heterocycles. The summed E-state index contributed by atoms with van der Waals surface area (Å²) in [5.74, 6) is -0.267. The molecular formula is C21H22Cl3N3O2. The minimum atomic E-state index is -0.297. The van der Waals surface area contributed by atoms with E-state index >= 15 is 0 Å². The number of likely N-dealkylation sites (tertiary alicyclic amines) is 1. The van der Waals surface area contributed by atoms with Crippen LogP contribution in [-0.4, -0.2) is 36.3 Å². The van der Waals surface area contributed by atoms with Crippen LogP contribution in [0.5, 0.6) is 0 Å². The highest BCUT2D eigenvalue weighted by Gasteiger charge is 2.17. The zero-order valence-corrected chi connectivity index (χ0v) is 18.1. The Labute approximate surface area is 185 Å². The molecule has 2 N–H and O–H groups in total. The van der Waals surface area contributed by atoms with E-state index in [-0.39, 0.29) is 18.4 Å². The van der Waals surface area contributed by atoms with Crippen LogP contribution in [0.15, 0.2) is 36.4 Å². The molecule has 0 aliphatic carbocycles.